The molecule has 34 heavy (non-hydrogen) atoms. The first kappa shape index (κ1) is 23.7. The van der Waals surface area contributed by atoms with Crippen molar-refractivity contribution >= 4 is 15.9 Å². The number of carbonyl (C=O) groups is 1. The highest BCUT2D eigenvalue weighted by Crippen LogP contribution is 2.32. The Morgan fingerprint density at radius 1 is 1.03 bits per heavy atom. The number of amides is 1. The number of ether oxygens (including phenoxy) is 2. The topological polar surface area (TPSA) is 124 Å². The third-order valence-electron chi connectivity index (χ3n) is 5.49. The van der Waals surface area contributed by atoms with Crippen molar-refractivity contribution in [2.45, 2.75) is 37.8 Å². The van der Waals surface area contributed by atoms with E-state index in [9.17, 15) is 13.2 Å². The van der Waals surface area contributed by atoms with Gasteiger partial charge in [-0.15, -0.1) is 0 Å². The van der Waals surface area contributed by atoms with Crippen molar-refractivity contribution in [3.8, 4) is 17.2 Å². The summed E-state index contributed by atoms with van der Waals surface area (Å²) in [5.41, 5.74) is 1.71. The van der Waals surface area contributed by atoms with Gasteiger partial charge in [-0.2, -0.15) is 9.82 Å². The van der Waals surface area contributed by atoms with E-state index >= 15 is 0 Å². The number of hydrogen-bond donors (Lipinski definition) is 2. The van der Waals surface area contributed by atoms with Crippen LogP contribution in [0.2, 0.25) is 0 Å². The molecular formula is C23H27N5O5S. The molecule has 10 nitrogen and oxygen atoms in total. The van der Waals surface area contributed by atoms with Crippen molar-refractivity contribution in [2.75, 3.05) is 13.2 Å². The van der Waals surface area contributed by atoms with Crippen LogP contribution in [0.25, 0.3) is 5.69 Å². The number of sulfonamides is 1. The van der Waals surface area contributed by atoms with Crippen LogP contribution >= 0.6 is 0 Å². The fourth-order valence-corrected chi connectivity index (χ4v) is 4.92. The molecule has 0 radical (unpaired) electrons. The number of carbonyl (C=O) groups excluding carboxylic acids is 1. The number of nitrogens with zero attached hydrogens (tertiary/aromatic N) is 3. The van der Waals surface area contributed by atoms with Crippen LogP contribution in [0.3, 0.4) is 0 Å². The van der Waals surface area contributed by atoms with E-state index in [0.29, 0.717) is 24.7 Å². The molecule has 2 atom stereocenters. The number of rotatable bonds is 8. The smallest absolute Gasteiger partial charge is 0.241 e. The highest BCUT2D eigenvalue weighted by Gasteiger charge is 2.30. The second kappa shape index (κ2) is 9.82. The molecule has 11 heteroatoms. The maximum absolute atomic E-state index is 13.1. The molecule has 0 bridgehead atoms. The van der Waals surface area contributed by atoms with Gasteiger partial charge in [-0.3, -0.25) is 4.79 Å². The number of nitrogens with one attached hydrogen (secondary N) is 2. The number of benzene rings is 2. The molecule has 1 aliphatic rings. The fraction of sp³-hybridized carbons (Fsp3) is 0.348. The Balaban J connectivity index is 1.46. The minimum Gasteiger partial charge on any atom is -0.486 e. The van der Waals surface area contributed by atoms with Crippen molar-refractivity contribution in [2.24, 2.45) is 5.92 Å². The van der Waals surface area contributed by atoms with Gasteiger partial charge in [-0.05, 0) is 42.7 Å². The normalized spacial score (nSPS) is 15.1. The molecular weight excluding hydrogens is 458 g/mol. The van der Waals surface area contributed by atoms with Crippen LogP contribution in [0.15, 0.2) is 60.0 Å². The standard InChI is InChI=1S/C23H27N5O5S/c1-15(2)22(27-34(30,31)19-8-9-20-21(12-19)33-11-10-32-20)23(29)26-16(3)17-4-6-18(7-5-17)28-14-24-13-25-28/h4-9,12-16,22,27H,10-11H2,1-3H3,(H,26,29)/t16-,22+/m0/s1. The predicted molar refractivity (Wildman–Crippen MR) is 124 cm³/mol. The van der Waals surface area contributed by atoms with E-state index in [1.165, 1.54) is 18.5 Å². The van der Waals surface area contributed by atoms with Crippen molar-refractivity contribution in [3.63, 3.8) is 0 Å². The third kappa shape index (κ3) is 5.20. The van der Waals surface area contributed by atoms with Crippen LogP contribution in [0, 0.1) is 5.92 Å². The summed E-state index contributed by atoms with van der Waals surface area (Å²) in [5.74, 6) is 0.160. The summed E-state index contributed by atoms with van der Waals surface area (Å²) in [5, 5.41) is 7.00. The molecule has 4 rings (SSSR count). The van der Waals surface area contributed by atoms with E-state index in [0.717, 1.165) is 11.3 Å². The lowest BCUT2D eigenvalue weighted by atomic mass is 10.0. The summed E-state index contributed by atoms with van der Waals surface area (Å²) >= 11 is 0. The molecule has 3 aromatic rings. The molecule has 0 saturated heterocycles. The van der Waals surface area contributed by atoms with E-state index in [-0.39, 0.29) is 16.9 Å². The van der Waals surface area contributed by atoms with Gasteiger partial charge in [0.1, 0.15) is 31.9 Å². The fourth-order valence-electron chi connectivity index (χ4n) is 3.56. The summed E-state index contributed by atoms with van der Waals surface area (Å²) < 4.78 is 41.2. The summed E-state index contributed by atoms with van der Waals surface area (Å²) in [6, 6.07) is 10.6. The van der Waals surface area contributed by atoms with Gasteiger partial charge < -0.3 is 14.8 Å². The van der Waals surface area contributed by atoms with E-state index in [2.05, 4.69) is 20.1 Å². The van der Waals surface area contributed by atoms with Crippen LogP contribution in [0.4, 0.5) is 0 Å². The zero-order valence-electron chi connectivity index (χ0n) is 19.1. The lowest BCUT2D eigenvalue weighted by Gasteiger charge is -2.25. The van der Waals surface area contributed by atoms with Crippen molar-refractivity contribution in [3.05, 3.63) is 60.7 Å². The number of hydrogen-bond acceptors (Lipinski definition) is 7. The Bertz CT molecular complexity index is 1240. The van der Waals surface area contributed by atoms with Crippen LogP contribution in [0.5, 0.6) is 11.5 Å². The minimum absolute atomic E-state index is 0.00643. The average molecular weight is 486 g/mol. The zero-order chi connectivity index (χ0) is 24.3. The third-order valence-corrected chi connectivity index (χ3v) is 6.93. The Morgan fingerprint density at radius 2 is 1.74 bits per heavy atom. The van der Waals surface area contributed by atoms with Crippen LogP contribution in [-0.4, -0.2) is 48.3 Å². The van der Waals surface area contributed by atoms with Gasteiger partial charge in [0, 0.05) is 6.07 Å². The Kier molecular flexibility index (Phi) is 6.85. The van der Waals surface area contributed by atoms with Crippen molar-refractivity contribution in [1.82, 2.24) is 24.8 Å². The monoisotopic (exact) mass is 485 g/mol. The predicted octanol–water partition coefficient (Wildman–Crippen LogP) is 2.22. The molecule has 1 aromatic heterocycles. The zero-order valence-corrected chi connectivity index (χ0v) is 20.0. The molecule has 0 saturated carbocycles. The second-order valence-electron chi connectivity index (χ2n) is 8.31. The van der Waals surface area contributed by atoms with E-state index in [1.54, 1.807) is 30.9 Å². The lowest BCUT2D eigenvalue weighted by molar-refractivity contribution is -0.124. The maximum Gasteiger partial charge on any atom is 0.241 e. The first-order valence-electron chi connectivity index (χ1n) is 10.9. The quantitative estimate of drug-likeness (QED) is 0.501. The SMILES string of the molecule is CC(C)[C@@H](NS(=O)(=O)c1ccc2c(c1)OCCO2)C(=O)N[C@@H](C)c1ccc(-n2cncn2)cc1. The van der Waals surface area contributed by atoms with E-state index in [4.69, 9.17) is 9.47 Å². The molecule has 0 unspecified atom stereocenters. The molecule has 1 amide bonds. The molecule has 2 heterocycles. The van der Waals surface area contributed by atoms with Crippen molar-refractivity contribution in [1.29, 1.82) is 0 Å². The number of fused-ring (bicyclic) bond motifs is 1. The molecule has 2 N–H and O–H groups in total. The summed E-state index contributed by atoms with van der Waals surface area (Å²) in [6.07, 6.45) is 3.05. The maximum atomic E-state index is 13.1. The minimum atomic E-state index is -3.98. The Morgan fingerprint density at radius 3 is 2.38 bits per heavy atom. The van der Waals surface area contributed by atoms with Gasteiger partial charge in [-0.1, -0.05) is 26.0 Å². The van der Waals surface area contributed by atoms with E-state index < -0.39 is 22.0 Å². The highest BCUT2D eigenvalue weighted by atomic mass is 32.2. The largest absolute Gasteiger partial charge is 0.486 e. The lowest BCUT2D eigenvalue weighted by Crippen LogP contribution is -2.50. The van der Waals surface area contributed by atoms with E-state index in [1.807, 2.05) is 31.2 Å². The van der Waals surface area contributed by atoms with Gasteiger partial charge >= 0.3 is 0 Å². The van der Waals surface area contributed by atoms with Crippen LogP contribution in [0.1, 0.15) is 32.4 Å². The number of aromatic nitrogens is 3. The molecule has 180 valence electrons. The van der Waals surface area contributed by atoms with Gasteiger partial charge in [0.05, 0.1) is 16.6 Å². The molecule has 0 spiro atoms. The molecule has 0 aliphatic carbocycles. The molecule has 2 aromatic carbocycles. The average Bonchev–Trinajstić information content (AvgIpc) is 3.37. The highest BCUT2D eigenvalue weighted by molar-refractivity contribution is 7.89. The van der Waals surface area contributed by atoms with Crippen LogP contribution in [-0.2, 0) is 14.8 Å². The van der Waals surface area contributed by atoms with Crippen LogP contribution < -0.4 is 19.5 Å². The summed E-state index contributed by atoms with van der Waals surface area (Å²) in [4.78, 5) is 17.0. The Hall–Kier alpha value is -3.44. The molecule has 0 fully saturated rings. The van der Waals surface area contributed by atoms with Gasteiger partial charge in [0.15, 0.2) is 11.5 Å². The first-order valence-corrected chi connectivity index (χ1v) is 12.4. The summed E-state index contributed by atoms with van der Waals surface area (Å²) in [6.45, 7) is 6.17. The van der Waals surface area contributed by atoms with Crippen molar-refractivity contribution < 1.29 is 22.7 Å². The van der Waals surface area contributed by atoms with Gasteiger partial charge in [0.25, 0.3) is 0 Å². The van der Waals surface area contributed by atoms with Gasteiger partial charge in [-0.25, -0.2) is 18.1 Å². The first-order chi connectivity index (χ1) is 16.2. The summed E-state index contributed by atoms with van der Waals surface area (Å²) in [7, 11) is -3.98. The second-order valence-corrected chi connectivity index (χ2v) is 10.0. The van der Waals surface area contributed by atoms with Gasteiger partial charge in [0.2, 0.25) is 15.9 Å². The Labute approximate surface area is 198 Å². The molecule has 1 aliphatic heterocycles.